The van der Waals surface area contributed by atoms with Crippen molar-refractivity contribution in [2.75, 3.05) is 31.1 Å². The summed E-state index contributed by atoms with van der Waals surface area (Å²) < 4.78 is 0. The summed E-state index contributed by atoms with van der Waals surface area (Å²) in [7, 11) is 0. The summed E-state index contributed by atoms with van der Waals surface area (Å²) >= 11 is 0. The van der Waals surface area contributed by atoms with Gasteiger partial charge in [0.2, 0.25) is 0 Å². The molecule has 4 rings (SSSR count). The second-order valence-electron chi connectivity index (χ2n) is 8.24. The molecular weight excluding hydrogens is 368 g/mol. The van der Waals surface area contributed by atoms with Gasteiger partial charge in [-0.15, -0.1) is 0 Å². The maximum Gasteiger partial charge on any atom is 0.269 e. The minimum Gasteiger partial charge on any atom is -0.364 e. The zero-order valence-corrected chi connectivity index (χ0v) is 16.8. The fraction of sp³-hybridized carbons (Fsp3) is 0.524. The van der Waals surface area contributed by atoms with E-state index in [1.165, 1.54) is 12.8 Å². The zero-order chi connectivity index (χ0) is 20.4. The summed E-state index contributed by atoms with van der Waals surface area (Å²) in [6.07, 6.45) is 5.90. The number of pyridine rings is 1. The van der Waals surface area contributed by atoms with Gasteiger partial charge in [-0.25, -0.2) is 4.98 Å². The van der Waals surface area contributed by atoms with Gasteiger partial charge in [0.25, 0.3) is 11.8 Å². The number of carbonyl (C=O) groups excluding carboxylic acids is 2. The summed E-state index contributed by atoms with van der Waals surface area (Å²) in [5.74, 6) is 1.28. The topological polar surface area (TPSA) is 108 Å². The molecule has 2 fully saturated rings. The molecule has 2 aliphatic heterocycles. The zero-order valence-electron chi connectivity index (χ0n) is 16.8. The quantitative estimate of drug-likeness (QED) is 0.823. The minimum absolute atomic E-state index is 0.00402. The van der Waals surface area contributed by atoms with Crippen LogP contribution in [0.3, 0.4) is 0 Å². The molecule has 2 saturated heterocycles. The average Bonchev–Trinajstić information content (AvgIpc) is 3.25. The number of amides is 2. The molecule has 4 heterocycles. The number of hydrogen-bond donors (Lipinski definition) is 2. The Morgan fingerprint density at radius 3 is 2.62 bits per heavy atom. The van der Waals surface area contributed by atoms with Gasteiger partial charge >= 0.3 is 0 Å². The first kappa shape index (κ1) is 19.4. The SMILES string of the molecule is CC1CCN(c2ccc(C(=O)N3CCCC(c4cc(C(N)=O)n[nH]4)C3)cn2)CC1. The van der Waals surface area contributed by atoms with Gasteiger partial charge in [-0.3, -0.25) is 14.7 Å². The van der Waals surface area contributed by atoms with E-state index in [1.54, 1.807) is 12.3 Å². The monoisotopic (exact) mass is 396 g/mol. The van der Waals surface area contributed by atoms with E-state index in [0.29, 0.717) is 12.1 Å². The lowest BCUT2D eigenvalue weighted by molar-refractivity contribution is 0.0705. The van der Waals surface area contributed by atoms with Crippen molar-refractivity contribution in [1.29, 1.82) is 0 Å². The maximum atomic E-state index is 13.0. The van der Waals surface area contributed by atoms with Gasteiger partial charge in [0.05, 0.1) is 5.56 Å². The standard InChI is InChI=1S/C21H28N6O2/c1-14-6-9-26(10-7-14)19-5-4-15(12-23-19)21(29)27-8-2-3-16(13-27)17-11-18(20(22)28)25-24-17/h4-5,11-12,14,16H,2-3,6-10,13H2,1H3,(H2,22,28)(H,24,25). The Hall–Kier alpha value is -2.90. The Morgan fingerprint density at radius 1 is 1.17 bits per heavy atom. The third kappa shape index (κ3) is 4.26. The van der Waals surface area contributed by atoms with Gasteiger partial charge in [-0.05, 0) is 49.8 Å². The third-order valence-electron chi connectivity index (χ3n) is 6.10. The smallest absolute Gasteiger partial charge is 0.269 e. The van der Waals surface area contributed by atoms with Crippen LogP contribution in [0.4, 0.5) is 5.82 Å². The third-order valence-corrected chi connectivity index (χ3v) is 6.10. The highest BCUT2D eigenvalue weighted by molar-refractivity contribution is 5.94. The number of carbonyl (C=O) groups is 2. The second-order valence-corrected chi connectivity index (χ2v) is 8.24. The highest BCUT2D eigenvalue weighted by Gasteiger charge is 2.27. The Labute approximate surface area is 170 Å². The Balaban J connectivity index is 1.41. The molecule has 0 aromatic carbocycles. The molecule has 2 aromatic heterocycles. The average molecular weight is 396 g/mol. The lowest BCUT2D eigenvalue weighted by atomic mass is 9.94. The van der Waals surface area contributed by atoms with Crippen molar-refractivity contribution in [2.24, 2.45) is 11.7 Å². The van der Waals surface area contributed by atoms with Gasteiger partial charge < -0.3 is 15.5 Å². The van der Waals surface area contributed by atoms with E-state index >= 15 is 0 Å². The van der Waals surface area contributed by atoms with Crippen LogP contribution in [0.25, 0.3) is 0 Å². The summed E-state index contributed by atoms with van der Waals surface area (Å²) in [5, 5.41) is 6.86. The molecule has 2 aliphatic rings. The molecule has 154 valence electrons. The van der Waals surface area contributed by atoms with Crippen LogP contribution >= 0.6 is 0 Å². The van der Waals surface area contributed by atoms with Gasteiger partial charge in [0.15, 0.2) is 0 Å². The van der Waals surface area contributed by atoms with E-state index in [-0.39, 0.29) is 17.5 Å². The van der Waals surface area contributed by atoms with Crippen molar-refractivity contribution in [2.45, 2.75) is 38.5 Å². The van der Waals surface area contributed by atoms with Crippen molar-refractivity contribution in [1.82, 2.24) is 20.1 Å². The molecule has 0 radical (unpaired) electrons. The van der Waals surface area contributed by atoms with Gasteiger partial charge in [-0.2, -0.15) is 5.10 Å². The Bertz CT molecular complexity index is 870. The van der Waals surface area contributed by atoms with E-state index < -0.39 is 5.91 Å². The lowest BCUT2D eigenvalue weighted by Gasteiger charge is -2.33. The van der Waals surface area contributed by atoms with Gasteiger partial charge in [0, 0.05) is 44.0 Å². The molecule has 1 atom stereocenters. The number of rotatable bonds is 4. The number of H-pyrrole nitrogens is 1. The predicted octanol–water partition coefficient (Wildman–Crippen LogP) is 2.16. The van der Waals surface area contributed by atoms with E-state index in [0.717, 1.165) is 49.9 Å². The first-order chi connectivity index (χ1) is 14.0. The number of nitrogens with one attached hydrogen (secondary N) is 1. The van der Waals surface area contributed by atoms with Gasteiger partial charge in [-0.1, -0.05) is 6.92 Å². The molecule has 29 heavy (non-hydrogen) atoms. The molecule has 2 aromatic rings. The lowest BCUT2D eigenvalue weighted by Crippen LogP contribution is -2.39. The highest BCUT2D eigenvalue weighted by Crippen LogP contribution is 2.27. The van der Waals surface area contributed by atoms with E-state index in [9.17, 15) is 9.59 Å². The second kappa shape index (κ2) is 8.23. The molecule has 3 N–H and O–H groups in total. The van der Waals surface area contributed by atoms with E-state index in [4.69, 9.17) is 5.73 Å². The van der Waals surface area contributed by atoms with Crippen molar-refractivity contribution >= 4 is 17.6 Å². The number of primary amides is 1. The summed E-state index contributed by atoms with van der Waals surface area (Å²) in [6, 6.07) is 5.53. The molecule has 1 unspecified atom stereocenters. The van der Waals surface area contributed by atoms with Crippen LogP contribution in [0, 0.1) is 5.92 Å². The number of nitrogens with two attached hydrogens (primary N) is 1. The summed E-state index contributed by atoms with van der Waals surface area (Å²) in [6.45, 7) is 5.64. The molecule has 0 aliphatic carbocycles. The number of likely N-dealkylation sites (tertiary alicyclic amines) is 1. The minimum atomic E-state index is -0.550. The molecule has 2 amide bonds. The molecule has 0 spiro atoms. The Kier molecular flexibility index (Phi) is 5.51. The van der Waals surface area contributed by atoms with Crippen LogP contribution in [0.2, 0.25) is 0 Å². The number of piperidine rings is 2. The first-order valence-corrected chi connectivity index (χ1v) is 10.4. The van der Waals surface area contributed by atoms with Crippen LogP contribution in [0.15, 0.2) is 24.4 Å². The van der Waals surface area contributed by atoms with Crippen molar-refractivity contribution < 1.29 is 9.59 Å². The number of hydrogen-bond acceptors (Lipinski definition) is 5. The normalized spacial score (nSPS) is 20.7. The largest absolute Gasteiger partial charge is 0.364 e. The fourth-order valence-corrected chi connectivity index (χ4v) is 4.21. The van der Waals surface area contributed by atoms with Crippen molar-refractivity contribution in [3.63, 3.8) is 0 Å². The van der Waals surface area contributed by atoms with Crippen molar-refractivity contribution in [3.05, 3.63) is 41.3 Å². The van der Waals surface area contributed by atoms with E-state index in [1.807, 2.05) is 17.0 Å². The molecule has 0 bridgehead atoms. The molecule has 8 nitrogen and oxygen atoms in total. The number of nitrogens with zero attached hydrogens (tertiary/aromatic N) is 4. The summed E-state index contributed by atoms with van der Waals surface area (Å²) in [5.41, 5.74) is 6.98. The van der Waals surface area contributed by atoms with Gasteiger partial charge in [0.1, 0.15) is 11.5 Å². The summed E-state index contributed by atoms with van der Waals surface area (Å²) in [4.78, 5) is 33.0. The number of aromatic nitrogens is 3. The maximum absolute atomic E-state index is 13.0. The fourth-order valence-electron chi connectivity index (χ4n) is 4.21. The molecule has 0 saturated carbocycles. The van der Waals surface area contributed by atoms with Crippen LogP contribution in [-0.2, 0) is 0 Å². The van der Waals surface area contributed by atoms with Crippen LogP contribution in [0.5, 0.6) is 0 Å². The van der Waals surface area contributed by atoms with Crippen molar-refractivity contribution in [3.8, 4) is 0 Å². The molecule has 8 heteroatoms. The highest BCUT2D eigenvalue weighted by atomic mass is 16.2. The van der Waals surface area contributed by atoms with Crippen LogP contribution < -0.4 is 10.6 Å². The Morgan fingerprint density at radius 2 is 1.97 bits per heavy atom. The number of anilines is 1. The molecular formula is C21H28N6O2. The van der Waals surface area contributed by atoms with Crippen LogP contribution in [0.1, 0.15) is 65.1 Å². The number of aromatic amines is 1. The first-order valence-electron chi connectivity index (χ1n) is 10.4. The van der Waals surface area contributed by atoms with E-state index in [2.05, 4.69) is 27.0 Å². The predicted molar refractivity (Wildman–Crippen MR) is 110 cm³/mol. The van der Waals surface area contributed by atoms with Crippen LogP contribution in [-0.4, -0.2) is 58.1 Å².